The molecule has 0 saturated carbocycles. The molecule has 6 nitrogen and oxygen atoms in total. The van der Waals surface area contributed by atoms with Crippen molar-refractivity contribution in [2.75, 3.05) is 6.54 Å². The molecule has 0 spiro atoms. The Hall–Kier alpha value is -1.48. The fraction of sp³-hybridized carbons (Fsp3) is 0.250. The lowest BCUT2D eigenvalue weighted by atomic mass is 10.3. The fourth-order valence-electron chi connectivity index (χ4n) is 1.60. The van der Waals surface area contributed by atoms with Crippen LogP contribution in [-0.2, 0) is 16.6 Å². The summed E-state index contributed by atoms with van der Waals surface area (Å²) in [7, 11) is -3.59. The molecule has 2 rings (SSSR count). The molecular weight excluding hydrogens is 300 g/mol. The normalized spacial score (nSPS) is 13.2. The van der Waals surface area contributed by atoms with E-state index in [0.717, 1.165) is 11.3 Å². The highest BCUT2D eigenvalue weighted by Gasteiger charge is 2.16. The Morgan fingerprint density at radius 3 is 2.75 bits per heavy atom. The Kier molecular flexibility index (Phi) is 4.71. The zero-order valence-corrected chi connectivity index (χ0v) is 12.1. The first-order valence-corrected chi connectivity index (χ1v) is 8.22. The molecule has 0 aliphatic carbocycles. The number of thiophene rings is 1. The second-order valence-electron chi connectivity index (χ2n) is 4.13. The lowest BCUT2D eigenvalue weighted by molar-refractivity contribution is 0.156. The van der Waals surface area contributed by atoms with Gasteiger partial charge in [-0.25, -0.2) is 13.1 Å². The van der Waals surface area contributed by atoms with Crippen LogP contribution in [0.1, 0.15) is 0 Å². The molecule has 0 fully saturated rings. The Labute approximate surface area is 120 Å². The maximum Gasteiger partial charge on any atom is 0.250 e. The fourth-order valence-corrected chi connectivity index (χ4v) is 3.71. The molecule has 0 aliphatic rings. The molecule has 8 heteroatoms. The number of rotatable bonds is 6. The van der Waals surface area contributed by atoms with Gasteiger partial charge >= 0.3 is 0 Å². The Morgan fingerprint density at radius 1 is 1.30 bits per heavy atom. The highest BCUT2D eigenvalue weighted by atomic mass is 32.2. The summed E-state index contributed by atoms with van der Waals surface area (Å²) in [4.78, 5) is 11.5. The van der Waals surface area contributed by atoms with Gasteiger partial charge in [0.05, 0.1) is 12.6 Å². The molecule has 2 aromatic rings. The molecule has 2 N–H and O–H groups in total. The van der Waals surface area contributed by atoms with Crippen molar-refractivity contribution in [3.05, 3.63) is 52.3 Å². The van der Waals surface area contributed by atoms with Crippen LogP contribution in [-0.4, -0.2) is 30.7 Å². The van der Waals surface area contributed by atoms with Gasteiger partial charge in [-0.3, -0.25) is 4.79 Å². The van der Waals surface area contributed by atoms with E-state index in [0.29, 0.717) is 0 Å². The zero-order valence-electron chi connectivity index (χ0n) is 10.5. The maximum absolute atomic E-state index is 11.8. The first kappa shape index (κ1) is 14.9. The number of aromatic nitrogens is 1. The van der Waals surface area contributed by atoms with Crippen molar-refractivity contribution in [1.29, 1.82) is 0 Å². The van der Waals surface area contributed by atoms with Crippen LogP contribution in [0.2, 0.25) is 0 Å². The van der Waals surface area contributed by atoms with Gasteiger partial charge < -0.3 is 9.67 Å². The monoisotopic (exact) mass is 314 g/mol. The standard InChI is InChI=1S/C12H14N2O4S2/c15-10(9-14-6-2-1-4-11(14)16)8-13-20(17,18)12-5-3-7-19-12/h1-7,10,13,15H,8-9H2. The van der Waals surface area contributed by atoms with Crippen molar-refractivity contribution in [2.24, 2.45) is 0 Å². The second-order valence-corrected chi connectivity index (χ2v) is 7.07. The first-order valence-electron chi connectivity index (χ1n) is 5.86. The molecule has 0 aliphatic heterocycles. The SMILES string of the molecule is O=c1ccccn1CC(O)CNS(=O)(=O)c1cccs1. The van der Waals surface area contributed by atoms with Crippen LogP contribution in [0.15, 0.2) is 50.9 Å². The van der Waals surface area contributed by atoms with Crippen molar-refractivity contribution in [2.45, 2.75) is 16.9 Å². The predicted octanol–water partition coefficient (Wildman–Crippen LogP) is 0.249. The van der Waals surface area contributed by atoms with Gasteiger partial charge in [0.1, 0.15) is 4.21 Å². The van der Waals surface area contributed by atoms with E-state index in [9.17, 15) is 18.3 Å². The van der Waals surface area contributed by atoms with E-state index in [1.165, 1.54) is 16.7 Å². The van der Waals surface area contributed by atoms with Crippen LogP contribution >= 0.6 is 11.3 Å². The summed E-state index contributed by atoms with van der Waals surface area (Å²) in [5.41, 5.74) is -0.243. The highest BCUT2D eigenvalue weighted by Crippen LogP contribution is 2.14. The van der Waals surface area contributed by atoms with E-state index in [1.807, 2.05) is 0 Å². The topological polar surface area (TPSA) is 88.4 Å². The smallest absolute Gasteiger partial charge is 0.250 e. The number of nitrogens with one attached hydrogen (secondary N) is 1. The number of hydrogen-bond acceptors (Lipinski definition) is 5. The van der Waals surface area contributed by atoms with Crippen molar-refractivity contribution < 1.29 is 13.5 Å². The summed E-state index contributed by atoms with van der Waals surface area (Å²) in [5, 5.41) is 11.5. The Balaban J connectivity index is 1.95. The van der Waals surface area contributed by atoms with Gasteiger partial charge in [0.25, 0.3) is 5.56 Å². The third-order valence-electron chi connectivity index (χ3n) is 2.58. The van der Waals surface area contributed by atoms with E-state index in [4.69, 9.17) is 0 Å². The van der Waals surface area contributed by atoms with Gasteiger partial charge in [-0.15, -0.1) is 11.3 Å². The summed E-state index contributed by atoms with van der Waals surface area (Å²) < 4.78 is 27.5. The van der Waals surface area contributed by atoms with Crippen molar-refractivity contribution >= 4 is 21.4 Å². The average Bonchev–Trinajstić information content (AvgIpc) is 2.94. The van der Waals surface area contributed by atoms with Crippen LogP contribution in [0.3, 0.4) is 0 Å². The summed E-state index contributed by atoms with van der Waals surface area (Å²) in [5.74, 6) is 0. The Bertz CT molecular complexity index is 707. The van der Waals surface area contributed by atoms with E-state index in [-0.39, 0.29) is 22.9 Å². The first-order chi connectivity index (χ1) is 9.49. The van der Waals surface area contributed by atoms with Crippen molar-refractivity contribution in [3.63, 3.8) is 0 Å². The molecular formula is C12H14N2O4S2. The molecule has 0 bridgehead atoms. The van der Waals surface area contributed by atoms with E-state index >= 15 is 0 Å². The van der Waals surface area contributed by atoms with Gasteiger partial charge in [-0.05, 0) is 17.5 Å². The molecule has 2 aromatic heterocycles. The van der Waals surface area contributed by atoms with Gasteiger partial charge in [0, 0.05) is 18.8 Å². The quantitative estimate of drug-likeness (QED) is 0.800. The number of aliphatic hydroxyl groups excluding tert-OH is 1. The molecule has 1 atom stereocenters. The summed E-state index contributed by atoms with van der Waals surface area (Å²) in [6.07, 6.45) is 0.559. The van der Waals surface area contributed by atoms with Crippen molar-refractivity contribution in [1.82, 2.24) is 9.29 Å². The van der Waals surface area contributed by atoms with Crippen LogP contribution in [0, 0.1) is 0 Å². The van der Waals surface area contributed by atoms with Gasteiger partial charge in [0.15, 0.2) is 0 Å². The lowest BCUT2D eigenvalue weighted by Gasteiger charge is -2.13. The molecule has 20 heavy (non-hydrogen) atoms. The van der Waals surface area contributed by atoms with Crippen LogP contribution in [0.4, 0.5) is 0 Å². The number of nitrogens with zero attached hydrogens (tertiary/aromatic N) is 1. The second kappa shape index (κ2) is 6.31. The molecule has 0 saturated heterocycles. The largest absolute Gasteiger partial charge is 0.390 e. The minimum absolute atomic E-state index is 0.0344. The molecule has 0 aromatic carbocycles. The number of sulfonamides is 1. The predicted molar refractivity (Wildman–Crippen MR) is 76.2 cm³/mol. The molecule has 1 unspecified atom stereocenters. The number of aliphatic hydroxyl groups is 1. The highest BCUT2D eigenvalue weighted by molar-refractivity contribution is 7.91. The number of pyridine rings is 1. The third-order valence-corrected chi connectivity index (χ3v) is 5.40. The average molecular weight is 314 g/mol. The van der Waals surface area contributed by atoms with E-state index in [1.54, 1.807) is 29.8 Å². The summed E-state index contributed by atoms with van der Waals surface area (Å²) in [6, 6.07) is 7.78. The van der Waals surface area contributed by atoms with Gasteiger partial charge in [-0.2, -0.15) is 0 Å². The zero-order chi connectivity index (χ0) is 14.6. The van der Waals surface area contributed by atoms with Crippen LogP contribution < -0.4 is 10.3 Å². The van der Waals surface area contributed by atoms with E-state index < -0.39 is 16.1 Å². The van der Waals surface area contributed by atoms with Gasteiger partial charge in [0.2, 0.25) is 10.0 Å². The minimum atomic E-state index is -3.59. The third kappa shape index (κ3) is 3.76. The van der Waals surface area contributed by atoms with E-state index in [2.05, 4.69) is 4.72 Å². The molecule has 0 amide bonds. The van der Waals surface area contributed by atoms with Crippen molar-refractivity contribution in [3.8, 4) is 0 Å². The maximum atomic E-state index is 11.8. The molecule has 2 heterocycles. The summed E-state index contributed by atoms with van der Waals surface area (Å²) >= 11 is 1.10. The molecule has 0 radical (unpaired) electrons. The number of hydrogen-bond donors (Lipinski definition) is 2. The Morgan fingerprint density at radius 2 is 2.10 bits per heavy atom. The van der Waals surface area contributed by atoms with Crippen LogP contribution in [0.5, 0.6) is 0 Å². The lowest BCUT2D eigenvalue weighted by Crippen LogP contribution is -2.36. The summed E-state index contributed by atoms with van der Waals surface area (Å²) in [6.45, 7) is -0.117. The van der Waals surface area contributed by atoms with Crippen LogP contribution in [0.25, 0.3) is 0 Å². The van der Waals surface area contributed by atoms with Gasteiger partial charge in [-0.1, -0.05) is 12.1 Å². The molecule has 108 valence electrons. The minimum Gasteiger partial charge on any atom is -0.390 e.